The quantitative estimate of drug-likeness (QED) is 0.547. The lowest BCUT2D eigenvalue weighted by Gasteiger charge is -2.11. The molecule has 0 fully saturated rings. The van der Waals surface area contributed by atoms with Crippen LogP contribution in [0.1, 0.15) is 5.56 Å². The normalized spacial score (nSPS) is 10.9. The summed E-state index contributed by atoms with van der Waals surface area (Å²) in [6, 6.07) is 3.58. The molecule has 0 bridgehead atoms. The minimum atomic E-state index is -4.52. The minimum absolute atomic E-state index is 0.0424. The summed E-state index contributed by atoms with van der Waals surface area (Å²) in [5, 5.41) is 0. The van der Waals surface area contributed by atoms with Gasteiger partial charge in [0.05, 0.1) is 5.56 Å². The van der Waals surface area contributed by atoms with E-state index in [4.69, 9.17) is 6.42 Å². The van der Waals surface area contributed by atoms with Crippen molar-refractivity contribution in [2.75, 3.05) is 6.61 Å². The third-order valence-corrected chi connectivity index (χ3v) is 1.50. The lowest BCUT2D eigenvalue weighted by Crippen LogP contribution is -2.20. The van der Waals surface area contributed by atoms with Crippen LogP contribution in [0, 0.1) is 18.2 Å². The highest BCUT2D eigenvalue weighted by Crippen LogP contribution is 2.24. The number of terminal acetylenes is 1. The molecule has 0 aliphatic rings. The van der Waals surface area contributed by atoms with Gasteiger partial charge >= 0.3 is 6.18 Å². The molecule has 0 saturated heterocycles. The zero-order valence-electron chi connectivity index (χ0n) is 7.44. The van der Waals surface area contributed by atoms with Gasteiger partial charge in [0, 0.05) is 0 Å². The molecule has 1 aromatic rings. The lowest BCUT2D eigenvalue weighted by atomic mass is 10.2. The van der Waals surface area contributed by atoms with Gasteiger partial charge in [0.1, 0.15) is 0 Å². The first-order valence-corrected chi connectivity index (χ1v) is 3.88. The van der Waals surface area contributed by atoms with Crippen LogP contribution in [-0.2, 0) is 0 Å². The summed E-state index contributed by atoms with van der Waals surface area (Å²) in [4.78, 5) is 0. The van der Waals surface area contributed by atoms with Crippen molar-refractivity contribution in [3.05, 3.63) is 29.6 Å². The number of para-hydroxylation sites is 1. The van der Waals surface area contributed by atoms with E-state index in [2.05, 4.69) is 4.74 Å². The Morgan fingerprint density at radius 1 is 1.33 bits per heavy atom. The highest BCUT2D eigenvalue weighted by Gasteiger charge is 2.29. The summed E-state index contributed by atoms with van der Waals surface area (Å²) in [6.07, 6.45) is 0.461. The van der Waals surface area contributed by atoms with E-state index in [1.54, 1.807) is 0 Å². The van der Waals surface area contributed by atoms with Crippen molar-refractivity contribution >= 4 is 0 Å². The maximum absolute atomic E-state index is 13.0. The fraction of sp³-hybridized carbons (Fsp3) is 0.200. The Morgan fingerprint density at radius 3 is 2.53 bits per heavy atom. The number of rotatable bonds is 2. The van der Waals surface area contributed by atoms with Crippen LogP contribution in [-0.4, -0.2) is 12.8 Å². The second kappa shape index (κ2) is 4.22. The van der Waals surface area contributed by atoms with Crippen LogP contribution in [0.15, 0.2) is 18.2 Å². The molecule has 80 valence electrons. The Bertz CT molecular complexity index is 389. The molecular weight excluding hydrogens is 212 g/mol. The molecule has 0 saturated carbocycles. The van der Waals surface area contributed by atoms with Crippen LogP contribution >= 0.6 is 0 Å². The standard InChI is InChI=1S/C10H6F4O/c1-2-7-4-3-5-8(11)9(7)15-6-10(12,13)14/h1,3-5H,6H2. The Kier molecular flexibility index (Phi) is 3.20. The molecule has 15 heavy (non-hydrogen) atoms. The van der Waals surface area contributed by atoms with E-state index < -0.39 is 24.3 Å². The highest BCUT2D eigenvalue weighted by molar-refractivity contribution is 5.45. The van der Waals surface area contributed by atoms with Crippen molar-refractivity contribution < 1.29 is 22.3 Å². The van der Waals surface area contributed by atoms with Gasteiger partial charge in [0.2, 0.25) is 0 Å². The summed E-state index contributed by atoms with van der Waals surface area (Å²) in [5.74, 6) is 0.588. The zero-order valence-corrected chi connectivity index (χ0v) is 7.44. The topological polar surface area (TPSA) is 9.23 Å². The van der Waals surface area contributed by atoms with E-state index in [0.717, 1.165) is 6.07 Å². The molecular formula is C10H6F4O. The first-order chi connectivity index (χ1) is 6.94. The Hall–Kier alpha value is -1.70. The van der Waals surface area contributed by atoms with Gasteiger partial charge in [0.25, 0.3) is 0 Å². The zero-order chi connectivity index (χ0) is 11.5. The third-order valence-electron chi connectivity index (χ3n) is 1.50. The van der Waals surface area contributed by atoms with Crippen molar-refractivity contribution in [3.63, 3.8) is 0 Å². The molecule has 1 nitrogen and oxygen atoms in total. The maximum Gasteiger partial charge on any atom is 0.422 e. The molecule has 1 rings (SSSR count). The second-order valence-electron chi connectivity index (χ2n) is 2.66. The Morgan fingerprint density at radius 2 is 2.00 bits per heavy atom. The molecule has 0 aliphatic carbocycles. The van der Waals surface area contributed by atoms with E-state index in [-0.39, 0.29) is 5.56 Å². The SMILES string of the molecule is C#Cc1cccc(F)c1OCC(F)(F)F. The van der Waals surface area contributed by atoms with E-state index >= 15 is 0 Å². The first-order valence-electron chi connectivity index (χ1n) is 3.88. The first kappa shape index (κ1) is 11.4. The number of ether oxygens (including phenoxy) is 1. The van der Waals surface area contributed by atoms with Crippen LogP contribution in [0.5, 0.6) is 5.75 Å². The van der Waals surface area contributed by atoms with E-state index in [1.165, 1.54) is 12.1 Å². The average Bonchev–Trinajstić information content (AvgIpc) is 2.14. The Balaban J connectivity index is 2.90. The van der Waals surface area contributed by atoms with Gasteiger partial charge in [-0.3, -0.25) is 0 Å². The number of hydrogen-bond acceptors (Lipinski definition) is 1. The van der Waals surface area contributed by atoms with Gasteiger partial charge in [-0.15, -0.1) is 6.42 Å². The van der Waals surface area contributed by atoms with Crippen molar-refractivity contribution in [1.82, 2.24) is 0 Å². The van der Waals surface area contributed by atoms with Crippen LogP contribution in [0.4, 0.5) is 17.6 Å². The van der Waals surface area contributed by atoms with Gasteiger partial charge in [-0.25, -0.2) is 4.39 Å². The van der Waals surface area contributed by atoms with Gasteiger partial charge in [-0.1, -0.05) is 12.0 Å². The van der Waals surface area contributed by atoms with E-state index in [1.807, 2.05) is 5.92 Å². The van der Waals surface area contributed by atoms with E-state index in [9.17, 15) is 17.6 Å². The minimum Gasteiger partial charge on any atom is -0.480 e. The average molecular weight is 218 g/mol. The summed E-state index contributed by atoms with van der Waals surface area (Å²) in [7, 11) is 0. The molecule has 0 amide bonds. The summed E-state index contributed by atoms with van der Waals surface area (Å²) < 4.78 is 52.7. The third kappa shape index (κ3) is 3.17. The number of benzene rings is 1. The summed E-state index contributed by atoms with van der Waals surface area (Å²) >= 11 is 0. The molecule has 1 aromatic carbocycles. The molecule has 0 spiro atoms. The largest absolute Gasteiger partial charge is 0.480 e. The molecule has 0 unspecified atom stereocenters. The fourth-order valence-corrected chi connectivity index (χ4v) is 0.923. The molecule has 0 aromatic heterocycles. The molecule has 0 N–H and O–H groups in total. The van der Waals surface area contributed by atoms with Gasteiger partial charge in [0.15, 0.2) is 18.2 Å². The number of hydrogen-bond donors (Lipinski definition) is 0. The highest BCUT2D eigenvalue weighted by atomic mass is 19.4. The smallest absolute Gasteiger partial charge is 0.422 e. The number of alkyl halides is 3. The van der Waals surface area contributed by atoms with Crippen molar-refractivity contribution in [1.29, 1.82) is 0 Å². The van der Waals surface area contributed by atoms with Gasteiger partial charge in [-0.05, 0) is 12.1 Å². The van der Waals surface area contributed by atoms with E-state index in [0.29, 0.717) is 0 Å². The van der Waals surface area contributed by atoms with Crippen molar-refractivity contribution in [2.45, 2.75) is 6.18 Å². The van der Waals surface area contributed by atoms with Crippen LogP contribution in [0.2, 0.25) is 0 Å². The van der Waals surface area contributed by atoms with Gasteiger partial charge < -0.3 is 4.74 Å². The van der Waals surface area contributed by atoms with Gasteiger partial charge in [-0.2, -0.15) is 13.2 Å². The molecule has 0 aliphatic heterocycles. The summed E-state index contributed by atoms with van der Waals surface area (Å²) in [5.41, 5.74) is -0.0424. The Labute approximate surface area is 83.7 Å². The fourth-order valence-electron chi connectivity index (χ4n) is 0.923. The molecule has 0 atom stereocenters. The predicted molar refractivity (Wildman–Crippen MR) is 45.9 cm³/mol. The van der Waals surface area contributed by atoms with Crippen molar-refractivity contribution in [3.8, 4) is 18.1 Å². The monoisotopic (exact) mass is 218 g/mol. The van der Waals surface area contributed by atoms with Crippen LogP contribution in [0.25, 0.3) is 0 Å². The molecule has 5 heteroatoms. The van der Waals surface area contributed by atoms with Crippen LogP contribution < -0.4 is 4.74 Å². The second-order valence-corrected chi connectivity index (χ2v) is 2.66. The molecule has 0 heterocycles. The number of halogens is 4. The van der Waals surface area contributed by atoms with Crippen molar-refractivity contribution in [2.24, 2.45) is 0 Å². The summed E-state index contributed by atoms with van der Waals surface area (Å²) in [6.45, 7) is -1.57. The lowest BCUT2D eigenvalue weighted by molar-refractivity contribution is -0.153. The molecule has 0 radical (unpaired) electrons. The maximum atomic E-state index is 13.0. The predicted octanol–water partition coefficient (Wildman–Crippen LogP) is 2.75. The van der Waals surface area contributed by atoms with Crippen LogP contribution in [0.3, 0.4) is 0 Å².